The summed E-state index contributed by atoms with van der Waals surface area (Å²) in [6.45, 7) is 2.28. The Bertz CT molecular complexity index is 221. The van der Waals surface area contributed by atoms with Crippen molar-refractivity contribution in [1.29, 1.82) is 0 Å². The number of hydrogen-bond acceptors (Lipinski definition) is 1. The van der Waals surface area contributed by atoms with Gasteiger partial charge in [0.1, 0.15) is 0 Å². The molecule has 1 atom stereocenters. The van der Waals surface area contributed by atoms with Crippen LogP contribution in [0.2, 0.25) is 0 Å². The standard InChI is InChI=1S/C12H19N/c1-10-5-4-8-12(9-10)13-11-6-2-3-7-11/h4-5,8,10-11,13H,2-3,6-7,9H2,1H3. The van der Waals surface area contributed by atoms with Gasteiger partial charge in [0.15, 0.2) is 0 Å². The van der Waals surface area contributed by atoms with Gasteiger partial charge in [-0.2, -0.15) is 0 Å². The van der Waals surface area contributed by atoms with Crippen LogP contribution in [0.25, 0.3) is 0 Å². The fourth-order valence-corrected chi connectivity index (χ4v) is 2.28. The lowest BCUT2D eigenvalue weighted by Crippen LogP contribution is -2.26. The van der Waals surface area contributed by atoms with Crippen LogP contribution in [0, 0.1) is 5.92 Å². The third-order valence-electron chi connectivity index (χ3n) is 3.02. The van der Waals surface area contributed by atoms with E-state index in [9.17, 15) is 0 Å². The molecule has 2 aliphatic carbocycles. The second-order valence-corrected chi connectivity index (χ2v) is 4.38. The van der Waals surface area contributed by atoms with Gasteiger partial charge >= 0.3 is 0 Å². The van der Waals surface area contributed by atoms with Crippen LogP contribution in [0.5, 0.6) is 0 Å². The molecule has 1 saturated carbocycles. The molecule has 2 rings (SSSR count). The molecule has 0 aromatic rings. The molecule has 0 aromatic carbocycles. The molecule has 1 heteroatoms. The Hall–Kier alpha value is -0.720. The quantitative estimate of drug-likeness (QED) is 0.683. The topological polar surface area (TPSA) is 12.0 Å². The van der Waals surface area contributed by atoms with Crippen LogP contribution in [0.1, 0.15) is 39.0 Å². The van der Waals surface area contributed by atoms with E-state index in [1.54, 1.807) is 0 Å². The van der Waals surface area contributed by atoms with Gasteiger partial charge in [0, 0.05) is 11.7 Å². The van der Waals surface area contributed by atoms with Crippen molar-refractivity contribution in [2.45, 2.75) is 45.1 Å². The largest absolute Gasteiger partial charge is 0.386 e. The Balaban J connectivity index is 1.86. The monoisotopic (exact) mass is 177 g/mol. The highest BCUT2D eigenvalue weighted by molar-refractivity contribution is 5.18. The summed E-state index contributed by atoms with van der Waals surface area (Å²) < 4.78 is 0. The first-order valence-electron chi connectivity index (χ1n) is 5.48. The summed E-state index contributed by atoms with van der Waals surface area (Å²) >= 11 is 0. The van der Waals surface area contributed by atoms with Gasteiger partial charge in [-0.05, 0) is 31.3 Å². The fourth-order valence-electron chi connectivity index (χ4n) is 2.28. The second kappa shape index (κ2) is 3.99. The van der Waals surface area contributed by atoms with Crippen LogP contribution in [-0.4, -0.2) is 6.04 Å². The number of nitrogens with one attached hydrogen (secondary N) is 1. The Morgan fingerprint density at radius 2 is 2.08 bits per heavy atom. The summed E-state index contributed by atoms with van der Waals surface area (Å²) in [7, 11) is 0. The van der Waals surface area contributed by atoms with Crippen molar-refractivity contribution in [3.05, 3.63) is 23.9 Å². The highest BCUT2D eigenvalue weighted by Gasteiger charge is 2.16. The molecule has 0 radical (unpaired) electrons. The molecular weight excluding hydrogens is 158 g/mol. The second-order valence-electron chi connectivity index (χ2n) is 4.38. The average molecular weight is 177 g/mol. The SMILES string of the molecule is CC1C=CC=C(NC2CCCC2)C1. The van der Waals surface area contributed by atoms with Crippen LogP contribution >= 0.6 is 0 Å². The molecule has 1 N–H and O–H groups in total. The minimum atomic E-state index is 0.717. The summed E-state index contributed by atoms with van der Waals surface area (Å²) in [6, 6.07) is 0.768. The normalized spacial score (nSPS) is 29.0. The van der Waals surface area contributed by atoms with Gasteiger partial charge in [-0.25, -0.2) is 0 Å². The van der Waals surface area contributed by atoms with Crippen molar-refractivity contribution in [1.82, 2.24) is 5.32 Å². The maximum Gasteiger partial charge on any atom is 0.0258 e. The fraction of sp³-hybridized carbons (Fsp3) is 0.667. The van der Waals surface area contributed by atoms with Crippen LogP contribution in [-0.2, 0) is 0 Å². The van der Waals surface area contributed by atoms with Crippen molar-refractivity contribution in [3.63, 3.8) is 0 Å². The van der Waals surface area contributed by atoms with Gasteiger partial charge in [0.2, 0.25) is 0 Å². The Morgan fingerprint density at radius 3 is 2.77 bits per heavy atom. The van der Waals surface area contributed by atoms with E-state index in [4.69, 9.17) is 0 Å². The van der Waals surface area contributed by atoms with Gasteiger partial charge < -0.3 is 5.32 Å². The van der Waals surface area contributed by atoms with E-state index in [2.05, 4.69) is 30.5 Å². The summed E-state index contributed by atoms with van der Waals surface area (Å²) in [5, 5.41) is 3.66. The van der Waals surface area contributed by atoms with E-state index < -0.39 is 0 Å². The number of rotatable bonds is 2. The van der Waals surface area contributed by atoms with E-state index in [1.807, 2.05) is 0 Å². The van der Waals surface area contributed by atoms with Crippen molar-refractivity contribution < 1.29 is 0 Å². The number of allylic oxidation sites excluding steroid dienone is 4. The zero-order valence-corrected chi connectivity index (χ0v) is 8.42. The van der Waals surface area contributed by atoms with Crippen LogP contribution in [0.4, 0.5) is 0 Å². The van der Waals surface area contributed by atoms with Crippen molar-refractivity contribution in [3.8, 4) is 0 Å². The molecule has 0 heterocycles. The molecule has 0 bridgehead atoms. The lowest BCUT2D eigenvalue weighted by atomic mass is 10.00. The molecule has 1 fully saturated rings. The summed E-state index contributed by atoms with van der Waals surface area (Å²) in [6.07, 6.45) is 13.5. The molecule has 1 nitrogen and oxygen atoms in total. The van der Waals surface area contributed by atoms with E-state index >= 15 is 0 Å². The third kappa shape index (κ3) is 2.36. The molecule has 0 saturated heterocycles. The van der Waals surface area contributed by atoms with Crippen LogP contribution in [0.3, 0.4) is 0 Å². The van der Waals surface area contributed by atoms with E-state index in [0.29, 0.717) is 5.92 Å². The van der Waals surface area contributed by atoms with E-state index in [1.165, 1.54) is 37.8 Å². The molecule has 72 valence electrons. The lowest BCUT2D eigenvalue weighted by Gasteiger charge is -2.20. The molecule has 1 unspecified atom stereocenters. The van der Waals surface area contributed by atoms with Crippen LogP contribution in [0.15, 0.2) is 23.9 Å². The summed E-state index contributed by atoms with van der Waals surface area (Å²) in [4.78, 5) is 0. The third-order valence-corrected chi connectivity index (χ3v) is 3.02. The maximum atomic E-state index is 3.66. The predicted molar refractivity (Wildman–Crippen MR) is 56.4 cm³/mol. The highest BCUT2D eigenvalue weighted by Crippen LogP contribution is 2.22. The molecular formula is C12H19N. The Morgan fingerprint density at radius 1 is 1.31 bits per heavy atom. The zero-order valence-electron chi connectivity index (χ0n) is 8.42. The average Bonchev–Trinajstić information content (AvgIpc) is 2.57. The molecule has 13 heavy (non-hydrogen) atoms. The smallest absolute Gasteiger partial charge is 0.0258 e. The first kappa shape index (κ1) is 8.86. The van der Waals surface area contributed by atoms with E-state index in [0.717, 1.165) is 6.04 Å². The maximum absolute atomic E-state index is 3.66. The first-order chi connectivity index (χ1) is 6.34. The van der Waals surface area contributed by atoms with Crippen molar-refractivity contribution >= 4 is 0 Å². The van der Waals surface area contributed by atoms with Crippen LogP contribution < -0.4 is 5.32 Å². The van der Waals surface area contributed by atoms with Gasteiger partial charge in [0.25, 0.3) is 0 Å². The summed E-state index contributed by atoms with van der Waals surface area (Å²) in [5.41, 5.74) is 1.45. The molecule has 0 spiro atoms. The first-order valence-corrected chi connectivity index (χ1v) is 5.48. The van der Waals surface area contributed by atoms with Gasteiger partial charge in [-0.1, -0.05) is 31.9 Å². The zero-order chi connectivity index (χ0) is 9.10. The molecule has 0 aliphatic heterocycles. The molecule has 0 aromatic heterocycles. The predicted octanol–water partition coefficient (Wildman–Crippen LogP) is 3.00. The van der Waals surface area contributed by atoms with E-state index in [-0.39, 0.29) is 0 Å². The summed E-state index contributed by atoms with van der Waals surface area (Å²) in [5.74, 6) is 0.717. The van der Waals surface area contributed by atoms with Crippen molar-refractivity contribution in [2.75, 3.05) is 0 Å². The minimum absolute atomic E-state index is 0.717. The Labute approximate surface area is 80.9 Å². The van der Waals surface area contributed by atoms with Gasteiger partial charge in [-0.3, -0.25) is 0 Å². The Kier molecular flexibility index (Phi) is 2.72. The molecule has 2 aliphatic rings. The minimum Gasteiger partial charge on any atom is -0.386 e. The van der Waals surface area contributed by atoms with Gasteiger partial charge in [-0.15, -0.1) is 0 Å². The molecule has 0 amide bonds. The highest BCUT2D eigenvalue weighted by atomic mass is 14.9. The lowest BCUT2D eigenvalue weighted by molar-refractivity contribution is 0.544. The van der Waals surface area contributed by atoms with Crippen molar-refractivity contribution in [2.24, 2.45) is 5.92 Å². The number of hydrogen-bond donors (Lipinski definition) is 1. The van der Waals surface area contributed by atoms with Gasteiger partial charge in [0.05, 0.1) is 0 Å².